The van der Waals surface area contributed by atoms with Gasteiger partial charge in [0.1, 0.15) is 10.1 Å². The van der Waals surface area contributed by atoms with E-state index in [2.05, 4.69) is 5.32 Å². The maximum absolute atomic E-state index is 12.7. The van der Waals surface area contributed by atoms with E-state index in [1.165, 1.54) is 16.7 Å². The van der Waals surface area contributed by atoms with Crippen LogP contribution in [0.15, 0.2) is 47.4 Å². The number of hydrogen-bond donors (Lipinski definition) is 1. The first kappa shape index (κ1) is 22.6. The largest absolute Gasteiger partial charge is 0.497 e. The minimum absolute atomic E-state index is 0.155. The van der Waals surface area contributed by atoms with Crippen LogP contribution in [0.5, 0.6) is 5.75 Å². The first-order valence-electron chi connectivity index (χ1n) is 9.01. The van der Waals surface area contributed by atoms with Gasteiger partial charge in [-0.3, -0.25) is 14.5 Å². The second kappa shape index (κ2) is 10.3. The van der Waals surface area contributed by atoms with Crippen LogP contribution in [0, 0.1) is 0 Å². The number of benzene rings is 2. The van der Waals surface area contributed by atoms with Gasteiger partial charge in [0.2, 0.25) is 5.91 Å². The van der Waals surface area contributed by atoms with Crippen LogP contribution in [-0.4, -0.2) is 34.7 Å². The summed E-state index contributed by atoms with van der Waals surface area (Å²) in [6.07, 6.45) is 2.51. The van der Waals surface area contributed by atoms with Crippen LogP contribution >= 0.6 is 47.2 Å². The normalized spacial score (nSPS) is 15.0. The Labute approximate surface area is 194 Å². The fraction of sp³-hybridized carbons (Fsp3) is 0.190. The number of amides is 2. The van der Waals surface area contributed by atoms with Gasteiger partial charge in [-0.2, -0.15) is 0 Å². The lowest BCUT2D eigenvalue weighted by Crippen LogP contribution is -2.29. The van der Waals surface area contributed by atoms with Crippen molar-refractivity contribution in [3.05, 3.63) is 63.0 Å². The number of hydrogen-bond acceptors (Lipinski definition) is 5. The SMILES string of the molecule is COc1cccc(C=C2SC(=S)N(CCCC(=O)Nc3ccc(Cl)c(Cl)c3)C2=O)c1. The van der Waals surface area contributed by atoms with E-state index in [0.717, 1.165) is 5.56 Å². The van der Waals surface area contributed by atoms with Crippen LogP contribution in [-0.2, 0) is 9.59 Å². The van der Waals surface area contributed by atoms with E-state index in [4.69, 9.17) is 40.2 Å². The first-order valence-corrected chi connectivity index (χ1v) is 11.0. The number of thioether (sulfide) groups is 1. The lowest BCUT2D eigenvalue weighted by Gasteiger charge is -2.14. The molecule has 2 aromatic carbocycles. The number of ether oxygens (including phenoxy) is 1. The van der Waals surface area contributed by atoms with Crippen LogP contribution in [0.3, 0.4) is 0 Å². The molecule has 1 aliphatic heterocycles. The molecule has 0 bridgehead atoms. The summed E-state index contributed by atoms with van der Waals surface area (Å²) in [6.45, 7) is 0.370. The van der Waals surface area contributed by atoms with Gasteiger partial charge >= 0.3 is 0 Å². The van der Waals surface area contributed by atoms with Crippen LogP contribution < -0.4 is 10.1 Å². The third-order valence-electron chi connectivity index (χ3n) is 4.25. The zero-order valence-corrected chi connectivity index (χ0v) is 19.1. The third kappa shape index (κ3) is 5.76. The molecule has 5 nitrogen and oxygen atoms in total. The molecule has 0 aromatic heterocycles. The van der Waals surface area contributed by atoms with Crippen molar-refractivity contribution in [2.75, 3.05) is 19.0 Å². The molecule has 9 heteroatoms. The highest BCUT2D eigenvalue weighted by Gasteiger charge is 2.31. The highest BCUT2D eigenvalue weighted by molar-refractivity contribution is 8.26. The van der Waals surface area contributed by atoms with E-state index in [9.17, 15) is 9.59 Å². The van der Waals surface area contributed by atoms with Gasteiger partial charge in [0.15, 0.2) is 0 Å². The van der Waals surface area contributed by atoms with Crippen molar-refractivity contribution >= 4 is 75.1 Å². The number of carbonyl (C=O) groups excluding carboxylic acids is 2. The van der Waals surface area contributed by atoms with E-state index in [1.807, 2.05) is 24.3 Å². The number of anilines is 1. The number of nitrogens with zero attached hydrogens (tertiary/aromatic N) is 1. The summed E-state index contributed by atoms with van der Waals surface area (Å²) >= 11 is 18.4. The second-order valence-electron chi connectivity index (χ2n) is 6.39. The molecule has 0 spiro atoms. The summed E-state index contributed by atoms with van der Waals surface area (Å²) in [5, 5.41) is 3.56. The van der Waals surface area contributed by atoms with Crippen molar-refractivity contribution in [3.63, 3.8) is 0 Å². The predicted octanol–water partition coefficient (Wildman–Crippen LogP) is 5.62. The van der Waals surface area contributed by atoms with Crippen molar-refractivity contribution in [2.24, 2.45) is 0 Å². The summed E-state index contributed by atoms with van der Waals surface area (Å²) in [6, 6.07) is 12.3. The monoisotopic (exact) mass is 480 g/mol. The molecule has 30 heavy (non-hydrogen) atoms. The zero-order valence-electron chi connectivity index (χ0n) is 16.0. The van der Waals surface area contributed by atoms with E-state index in [-0.39, 0.29) is 18.2 Å². The lowest BCUT2D eigenvalue weighted by molar-refractivity contribution is -0.122. The molecule has 1 fully saturated rings. The average molecular weight is 481 g/mol. The first-order chi connectivity index (χ1) is 14.4. The molecule has 1 N–H and O–H groups in total. The van der Waals surface area contributed by atoms with Gasteiger partial charge in [0, 0.05) is 18.7 Å². The molecule has 1 aliphatic rings. The van der Waals surface area contributed by atoms with Crippen LogP contribution in [0.2, 0.25) is 10.0 Å². The molecule has 1 saturated heterocycles. The number of carbonyl (C=O) groups is 2. The van der Waals surface area contributed by atoms with Crippen molar-refractivity contribution in [1.82, 2.24) is 4.90 Å². The third-order valence-corrected chi connectivity index (χ3v) is 6.37. The Morgan fingerprint density at radius 1 is 1.23 bits per heavy atom. The Hall–Kier alpha value is -2.06. The Morgan fingerprint density at radius 2 is 2.03 bits per heavy atom. The lowest BCUT2D eigenvalue weighted by atomic mass is 10.2. The Kier molecular flexibility index (Phi) is 7.77. The van der Waals surface area contributed by atoms with Crippen molar-refractivity contribution in [1.29, 1.82) is 0 Å². The highest BCUT2D eigenvalue weighted by atomic mass is 35.5. The van der Waals surface area contributed by atoms with Gasteiger partial charge in [-0.25, -0.2) is 0 Å². The zero-order chi connectivity index (χ0) is 21.7. The molecular formula is C21H18Cl2N2O3S2. The number of rotatable bonds is 7. The summed E-state index contributed by atoms with van der Waals surface area (Å²) < 4.78 is 5.70. The Morgan fingerprint density at radius 3 is 2.77 bits per heavy atom. The molecule has 0 radical (unpaired) electrons. The molecule has 156 valence electrons. The summed E-state index contributed by atoms with van der Waals surface area (Å²) in [7, 11) is 1.59. The van der Waals surface area contributed by atoms with Crippen LogP contribution in [0.4, 0.5) is 5.69 Å². The summed E-state index contributed by atoms with van der Waals surface area (Å²) in [5.41, 5.74) is 1.43. The Bertz CT molecular complexity index is 1030. The van der Waals surface area contributed by atoms with Gasteiger partial charge in [-0.1, -0.05) is 59.3 Å². The number of halogens is 2. The van der Waals surface area contributed by atoms with Gasteiger partial charge in [-0.05, 0) is 48.4 Å². The number of nitrogens with one attached hydrogen (secondary N) is 1. The highest BCUT2D eigenvalue weighted by Crippen LogP contribution is 2.33. The van der Waals surface area contributed by atoms with Gasteiger partial charge < -0.3 is 10.1 Å². The summed E-state index contributed by atoms with van der Waals surface area (Å²) in [5.74, 6) is 0.385. The quantitative estimate of drug-likeness (QED) is 0.411. The van der Waals surface area contributed by atoms with Crippen molar-refractivity contribution in [2.45, 2.75) is 12.8 Å². The molecule has 1 heterocycles. The van der Waals surface area contributed by atoms with Gasteiger partial charge in [0.05, 0.1) is 22.1 Å². The summed E-state index contributed by atoms with van der Waals surface area (Å²) in [4.78, 5) is 26.9. The predicted molar refractivity (Wildman–Crippen MR) is 127 cm³/mol. The maximum atomic E-state index is 12.7. The van der Waals surface area contributed by atoms with E-state index in [1.54, 1.807) is 31.4 Å². The molecule has 3 rings (SSSR count). The molecule has 0 saturated carbocycles. The van der Waals surface area contributed by atoms with Crippen LogP contribution in [0.1, 0.15) is 18.4 Å². The maximum Gasteiger partial charge on any atom is 0.266 e. The van der Waals surface area contributed by atoms with E-state index >= 15 is 0 Å². The minimum atomic E-state index is -0.175. The topological polar surface area (TPSA) is 58.6 Å². The molecule has 0 aliphatic carbocycles. The smallest absolute Gasteiger partial charge is 0.266 e. The molecule has 0 atom stereocenters. The molecule has 2 amide bonds. The Balaban J connectivity index is 1.54. The average Bonchev–Trinajstić information content (AvgIpc) is 2.98. The second-order valence-corrected chi connectivity index (χ2v) is 8.88. The molecule has 2 aromatic rings. The van der Waals surface area contributed by atoms with Crippen molar-refractivity contribution < 1.29 is 14.3 Å². The van der Waals surface area contributed by atoms with E-state index < -0.39 is 0 Å². The molecular weight excluding hydrogens is 463 g/mol. The standard InChI is InChI=1S/C21H18Cl2N2O3S2/c1-28-15-5-2-4-13(10-15)11-18-20(27)25(21(29)30-18)9-3-6-19(26)24-14-7-8-16(22)17(23)12-14/h2,4-5,7-8,10-12H,3,6,9H2,1H3,(H,24,26). The number of thiocarbonyl (C=S) groups is 1. The van der Waals surface area contributed by atoms with Crippen molar-refractivity contribution in [3.8, 4) is 5.75 Å². The number of methoxy groups -OCH3 is 1. The molecule has 0 unspecified atom stereocenters. The van der Waals surface area contributed by atoms with Gasteiger partial charge in [0.25, 0.3) is 5.91 Å². The van der Waals surface area contributed by atoms with Gasteiger partial charge in [-0.15, -0.1) is 0 Å². The minimum Gasteiger partial charge on any atom is -0.497 e. The fourth-order valence-electron chi connectivity index (χ4n) is 2.77. The van der Waals surface area contributed by atoms with Crippen LogP contribution in [0.25, 0.3) is 6.08 Å². The fourth-order valence-corrected chi connectivity index (χ4v) is 4.38. The van der Waals surface area contributed by atoms with E-state index in [0.29, 0.717) is 43.7 Å².